The monoisotopic (exact) mass is 354 g/mol. The first-order valence-electron chi connectivity index (χ1n) is 8.70. The highest BCUT2D eigenvalue weighted by atomic mass is 19.1. The summed E-state index contributed by atoms with van der Waals surface area (Å²) in [5, 5.41) is 0. The molecule has 0 aliphatic carbocycles. The maximum atomic E-state index is 13.9. The number of rotatable bonds is 5. The number of allylic oxidation sites excluding steroid dienone is 1. The van der Waals surface area contributed by atoms with Crippen molar-refractivity contribution in [1.82, 2.24) is 4.90 Å². The Morgan fingerprint density at radius 2 is 1.92 bits per heavy atom. The first-order chi connectivity index (χ1) is 12.6. The van der Waals surface area contributed by atoms with Crippen LogP contribution in [-0.4, -0.2) is 44.1 Å². The Kier molecular flexibility index (Phi) is 5.56. The molecule has 0 atom stereocenters. The highest BCUT2D eigenvalue weighted by molar-refractivity contribution is 5.94. The van der Waals surface area contributed by atoms with Crippen LogP contribution < -0.4 is 9.64 Å². The zero-order valence-corrected chi connectivity index (χ0v) is 15.0. The van der Waals surface area contributed by atoms with Crippen LogP contribution in [0.2, 0.25) is 0 Å². The van der Waals surface area contributed by atoms with Crippen molar-refractivity contribution in [2.45, 2.75) is 6.42 Å². The zero-order valence-electron chi connectivity index (χ0n) is 15.0. The lowest BCUT2D eigenvalue weighted by molar-refractivity contribution is 0.0746. The van der Waals surface area contributed by atoms with E-state index in [-0.39, 0.29) is 11.7 Å². The maximum Gasteiger partial charge on any atom is 0.253 e. The Balaban J connectivity index is 1.70. The van der Waals surface area contributed by atoms with Gasteiger partial charge < -0.3 is 14.5 Å². The average molecular weight is 354 g/mol. The summed E-state index contributed by atoms with van der Waals surface area (Å²) in [4.78, 5) is 16.6. The van der Waals surface area contributed by atoms with Gasteiger partial charge in [-0.25, -0.2) is 4.39 Å². The Hall–Kier alpha value is -2.82. The summed E-state index contributed by atoms with van der Waals surface area (Å²) in [6.45, 7) is 6.11. The van der Waals surface area contributed by atoms with Gasteiger partial charge in [0.15, 0.2) is 0 Å². The summed E-state index contributed by atoms with van der Waals surface area (Å²) in [5.74, 6) is 0.522. The summed E-state index contributed by atoms with van der Waals surface area (Å²) < 4.78 is 19.3. The number of hydrogen-bond acceptors (Lipinski definition) is 3. The third kappa shape index (κ3) is 3.72. The fourth-order valence-corrected chi connectivity index (χ4v) is 3.27. The predicted molar refractivity (Wildman–Crippen MR) is 101 cm³/mol. The van der Waals surface area contributed by atoms with Gasteiger partial charge in [-0.2, -0.15) is 0 Å². The van der Waals surface area contributed by atoms with E-state index in [2.05, 4.69) is 6.58 Å². The van der Waals surface area contributed by atoms with Crippen molar-refractivity contribution < 1.29 is 13.9 Å². The van der Waals surface area contributed by atoms with Gasteiger partial charge >= 0.3 is 0 Å². The van der Waals surface area contributed by atoms with Crippen molar-refractivity contribution in [3.05, 3.63) is 72.1 Å². The average Bonchev–Trinajstić information content (AvgIpc) is 2.68. The summed E-state index contributed by atoms with van der Waals surface area (Å²) >= 11 is 0. The topological polar surface area (TPSA) is 32.8 Å². The van der Waals surface area contributed by atoms with Gasteiger partial charge in [0.25, 0.3) is 5.91 Å². The van der Waals surface area contributed by atoms with E-state index in [0.717, 1.165) is 11.3 Å². The molecule has 2 aromatic rings. The lowest BCUT2D eigenvalue weighted by Gasteiger charge is -2.36. The van der Waals surface area contributed by atoms with Crippen LogP contribution in [-0.2, 0) is 6.42 Å². The van der Waals surface area contributed by atoms with E-state index < -0.39 is 0 Å². The minimum Gasteiger partial charge on any atom is -0.496 e. The van der Waals surface area contributed by atoms with Crippen LogP contribution in [0.4, 0.5) is 10.1 Å². The van der Waals surface area contributed by atoms with Gasteiger partial charge in [0.05, 0.1) is 12.8 Å². The number of piperazine rings is 1. The summed E-state index contributed by atoms with van der Waals surface area (Å²) in [6.07, 6.45) is 2.44. The molecule has 0 spiro atoms. The maximum absolute atomic E-state index is 13.9. The number of nitrogens with zero attached hydrogens (tertiary/aromatic N) is 2. The molecule has 1 fully saturated rings. The molecule has 0 unspecified atom stereocenters. The first kappa shape index (κ1) is 18.0. The second-order valence-electron chi connectivity index (χ2n) is 6.25. The summed E-state index contributed by atoms with van der Waals surface area (Å²) in [7, 11) is 1.62. The van der Waals surface area contributed by atoms with Crippen molar-refractivity contribution in [1.29, 1.82) is 0 Å². The third-order valence-electron chi connectivity index (χ3n) is 4.65. The molecule has 1 amide bonds. The molecule has 2 aromatic carbocycles. The second-order valence-corrected chi connectivity index (χ2v) is 6.25. The third-order valence-corrected chi connectivity index (χ3v) is 4.65. The second kappa shape index (κ2) is 8.04. The van der Waals surface area contributed by atoms with Crippen LogP contribution >= 0.6 is 0 Å². The van der Waals surface area contributed by atoms with Crippen LogP contribution in [0.5, 0.6) is 5.75 Å². The lowest BCUT2D eigenvalue weighted by Crippen LogP contribution is -2.49. The molecule has 1 heterocycles. The van der Waals surface area contributed by atoms with Gasteiger partial charge in [-0.3, -0.25) is 4.79 Å². The smallest absolute Gasteiger partial charge is 0.253 e. The molecule has 3 rings (SSSR count). The highest BCUT2D eigenvalue weighted by Crippen LogP contribution is 2.23. The number of methoxy groups -OCH3 is 1. The molecule has 26 heavy (non-hydrogen) atoms. The number of anilines is 1. The molecule has 0 aromatic heterocycles. The molecule has 0 bridgehead atoms. The van der Waals surface area contributed by atoms with Crippen molar-refractivity contribution in [2.24, 2.45) is 0 Å². The Labute approximate surface area is 153 Å². The van der Waals surface area contributed by atoms with Crippen LogP contribution in [0, 0.1) is 5.82 Å². The number of carbonyl (C=O) groups is 1. The van der Waals surface area contributed by atoms with Gasteiger partial charge in [0.2, 0.25) is 0 Å². The lowest BCUT2D eigenvalue weighted by atomic mass is 10.1. The van der Waals surface area contributed by atoms with Gasteiger partial charge in [-0.1, -0.05) is 18.2 Å². The van der Waals surface area contributed by atoms with E-state index in [1.54, 1.807) is 31.4 Å². The number of benzene rings is 2. The number of para-hydroxylation sites is 1. The van der Waals surface area contributed by atoms with Crippen LogP contribution in [0.25, 0.3) is 0 Å². The van der Waals surface area contributed by atoms with E-state index >= 15 is 0 Å². The molecule has 0 N–H and O–H groups in total. The predicted octanol–water partition coefficient (Wildman–Crippen LogP) is 3.53. The number of hydrogen-bond donors (Lipinski definition) is 0. The molecule has 5 heteroatoms. The highest BCUT2D eigenvalue weighted by Gasteiger charge is 2.24. The molecule has 0 saturated carbocycles. The largest absolute Gasteiger partial charge is 0.496 e. The van der Waals surface area contributed by atoms with Crippen molar-refractivity contribution >= 4 is 11.6 Å². The van der Waals surface area contributed by atoms with E-state index in [0.29, 0.717) is 43.9 Å². The quantitative estimate of drug-likeness (QED) is 0.770. The fraction of sp³-hybridized carbons (Fsp3) is 0.286. The molecule has 136 valence electrons. The molecule has 1 aliphatic heterocycles. The normalized spacial score (nSPS) is 14.2. The van der Waals surface area contributed by atoms with Gasteiger partial charge in [0, 0.05) is 31.7 Å². The first-order valence-corrected chi connectivity index (χ1v) is 8.70. The summed E-state index contributed by atoms with van der Waals surface area (Å²) in [6, 6.07) is 12.2. The van der Waals surface area contributed by atoms with Crippen LogP contribution in [0.3, 0.4) is 0 Å². The van der Waals surface area contributed by atoms with E-state index in [4.69, 9.17) is 4.74 Å². The van der Waals surface area contributed by atoms with Crippen molar-refractivity contribution in [3.8, 4) is 5.75 Å². The van der Waals surface area contributed by atoms with Gasteiger partial charge in [-0.15, -0.1) is 6.58 Å². The number of halogens is 1. The minimum atomic E-state index is -0.225. The van der Waals surface area contributed by atoms with E-state index in [1.165, 1.54) is 6.07 Å². The van der Waals surface area contributed by atoms with Crippen molar-refractivity contribution in [3.63, 3.8) is 0 Å². The SMILES string of the molecule is C=CCc1cc(C(=O)N2CCN(c3ccccc3F)CC2)ccc1OC. The van der Waals surface area contributed by atoms with Gasteiger partial charge in [-0.05, 0) is 42.3 Å². The molecular weight excluding hydrogens is 331 g/mol. The molecular formula is C21H23FN2O2. The molecule has 1 aliphatic rings. The van der Waals surface area contributed by atoms with E-state index in [9.17, 15) is 9.18 Å². The standard InChI is InChI=1S/C21H23FN2O2/c1-3-6-16-15-17(9-10-20(16)26-2)21(25)24-13-11-23(12-14-24)19-8-5-4-7-18(19)22/h3-5,7-10,15H,1,6,11-14H2,2H3. The number of amides is 1. The Morgan fingerprint density at radius 3 is 2.58 bits per heavy atom. The fourth-order valence-electron chi connectivity index (χ4n) is 3.27. The Morgan fingerprint density at radius 1 is 1.19 bits per heavy atom. The molecule has 1 saturated heterocycles. The van der Waals surface area contributed by atoms with E-state index in [1.807, 2.05) is 28.0 Å². The molecule has 0 radical (unpaired) electrons. The summed E-state index contributed by atoms with van der Waals surface area (Å²) in [5.41, 5.74) is 2.18. The minimum absolute atomic E-state index is 0.00820. The van der Waals surface area contributed by atoms with Crippen LogP contribution in [0.15, 0.2) is 55.1 Å². The number of ether oxygens (including phenoxy) is 1. The van der Waals surface area contributed by atoms with Gasteiger partial charge in [0.1, 0.15) is 11.6 Å². The van der Waals surface area contributed by atoms with Crippen LogP contribution in [0.1, 0.15) is 15.9 Å². The molecule has 4 nitrogen and oxygen atoms in total. The Bertz CT molecular complexity index is 798. The number of carbonyl (C=O) groups excluding carboxylic acids is 1. The van der Waals surface area contributed by atoms with Crippen molar-refractivity contribution in [2.75, 3.05) is 38.2 Å². The zero-order chi connectivity index (χ0) is 18.5.